The van der Waals surface area contributed by atoms with Crippen LogP contribution in [0.5, 0.6) is 0 Å². The Morgan fingerprint density at radius 1 is 1.56 bits per heavy atom. The Balaban J connectivity index is 2.22. The lowest BCUT2D eigenvalue weighted by Gasteiger charge is -2.12. The fraction of sp³-hybridized carbons (Fsp3) is 0.556. The Labute approximate surface area is 93.0 Å². The van der Waals surface area contributed by atoms with E-state index in [2.05, 4.69) is 25.8 Å². The summed E-state index contributed by atoms with van der Waals surface area (Å²) in [6.07, 6.45) is 2.00. The van der Waals surface area contributed by atoms with Crippen molar-refractivity contribution in [2.24, 2.45) is 0 Å². The van der Waals surface area contributed by atoms with Crippen molar-refractivity contribution in [3.8, 4) is 0 Å². The molecule has 7 heteroatoms. The van der Waals surface area contributed by atoms with Crippen LogP contribution in [0, 0.1) is 0 Å². The van der Waals surface area contributed by atoms with Crippen LogP contribution in [0.4, 0.5) is 0 Å². The van der Waals surface area contributed by atoms with Crippen molar-refractivity contribution in [2.45, 2.75) is 26.3 Å². The van der Waals surface area contributed by atoms with E-state index in [1.807, 2.05) is 0 Å². The molecule has 7 nitrogen and oxygen atoms in total. The summed E-state index contributed by atoms with van der Waals surface area (Å²) in [4.78, 5) is 26.1. The second kappa shape index (κ2) is 5.84. The number of rotatable bonds is 5. The summed E-state index contributed by atoms with van der Waals surface area (Å²) in [7, 11) is 0. The summed E-state index contributed by atoms with van der Waals surface area (Å²) >= 11 is 0. The first-order valence-electron chi connectivity index (χ1n) is 4.98. The van der Waals surface area contributed by atoms with Gasteiger partial charge in [0, 0.05) is 19.9 Å². The topological polar surface area (TPSA) is 99.8 Å². The molecule has 88 valence electrons. The number of carbonyl (C=O) groups excluding carboxylic acids is 2. The minimum Gasteiger partial charge on any atom is -0.354 e. The van der Waals surface area contributed by atoms with Gasteiger partial charge in [-0.15, -0.1) is 0 Å². The number of carbonyl (C=O) groups is 2. The van der Waals surface area contributed by atoms with Crippen molar-refractivity contribution in [1.82, 2.24) is 25.8 Å². The first-order chi connectivity index (χ1) is 7.59. The van der Waals surface area contributed by atoms with E-state index in [4.69, 9.17) is 0 Å². The molecule has 1 aromatic rings. The maximum Gasteiger partial charge on any atom is 0.242 e. The van der Waals surface area contributed by atoms with E-state index in [9.17, 15) is 9.59 Å². The van der Waals surface area contributed by atoms with Gasteiger partial charge >= 0.3 is 0 Å². The van der Waals surface area contributed by atoms with Crippen LogP contribution in [-0.2, 0) is 16.0 Å². The average Bonchev–Trinajstić information content (AvgIpc) is 2.69. The van der Waals surface area contributed by atoms with Gasteiger partial charge in [-0.2, -0.15) is 5.10 Å². The highest BCUT2D eigenvalue weighted by atomic mass is 16.2. The molecular weight excluding hydrogens is 210 g/mol. The van der Waals surface area contributed by atoms with Gasteiger partial charge in [-0.25, -0.2) is 4.98 Å². The first kappa shape index (κ1) is 12.2. The van der Waals surface area contributed by atoms with Crippen molar-refractivity contribution in [2.75, 3.05) is 6.54 Å². The zero-order valence-corrected chi connectivity index (χ0v) is 9.28. The van der Waals surface area contributed by atoms with Crippen LogP contribution in [0.3, 0.4) is 0 Å². The molecule has 1 heterocycles. The molecule has 0 aliphatic rings. The highest BCUT2D eigenvalue weighted by molar-refractivity contribution is 5.86. The Morgan fingerprint density at radius 2 is 2.31 bits per heavy atom. The fourth-order valence-corrected chi connectivity index (χ4v) is 1.18. The van der Waals surface area contributed by atoms with Crippen molar-refractivity contribution < 1.29 is 9.59 Å². The number of nitrogens with zero attached hydrogens (tertiary/aromatic N) is 2. The highest BCUT2D eigenvalue weighted by Crippen LogP contribution is 1.87. The molecule has 0 aliphatic heterocycles. The monoisotopic (exact) mass is 225 g/mol. The first-order valence-corrected chi connectivity index (χ1v) is 4.98. The Bertz CT molecular complexity index is 349. The largest absolute Gasteiger partial charge is 0.354 e. The summed E-state index contributed by atoms with van der Waals surface area (Å²) in [5.41, 5.74) is 0. The molecule has 1 atom stereocenters. The predicted octanol–water partition coefficient (Wildman–Crippen LogP) is -1.01. The number of aromatic amines is 1. The molecular formula is C9H15N5O2. The highest BCUT2D eigenvalue weighted by Gasteiger charge is 2.12. The van der Waals surface area contributed by atoms with E-state index in [0.717, 1.165) is 0 Å². The smallest absolute Gasteiger partial charge is 0.242 e. The van der Waals surface area contributed by atoms with E-state index < -0.39 is 6.04 Å². The van der Waals surface area contributed by atoms with Gasteiger partial charge < -0.3 is 10.6 Å². The Hall–Kier alpha value is -1.92. The van der Waals surface area contributed by atoms with Gasteiger partial charge in [0.05, 0.1) is 0 Å². The molecule has 0 spiro atoms. The number of amides is 2. The van der Waals surface area contributed by atoms with E-state index in [1.54, 1.807) is 6.92 Å². The number of H-pyrrole nitrogens is 1. The standard InChI is InChI=1S/C9H15N5O2/c1-6(13-7(2)15)9(16)10-4-3-8-11-5-12-14-8/h5-6H,3-4H2,1-2H3,(H,10,16)(H,13,15)(H,11,12,14). The molecule has 0 aromatic carbocycles. The van der Waals surface area contributed by atoms with E-state index >= 15 is 0 Å². The molecule has 0 radical (unpaired) electrons. The van der Waals surface area contributed by atoms with Crippen LogP contribution in [0.25, 0.3) is 0 Å². The van der Waals surface area contributed by atoms with Gasteiger partial charge in [0.2, 0.25) is 11.8 Å². The SMILES string of the molecule is CC(=O)NC(C)C(=O)NCCc1ncn[nH]1. The van der Waals surface area contributed by atoms with Crippen LogP contribution in [-0.4, -0.2) is 39.6 Å². The second-order valence-electron chi connectivity index (χ2n) is 3.40. The molecule has 3 N–H and O–H groups in total. The van der Waals surface area contributed by atoms with Gasteiger partial charge in [0.25, 0.3) is 0 Å². The van der Waals surface area contributed by atoms with Crippen LogP contribution in [0.15, 0.2) is 6.33 Å². The fourth-order valence-electron chi connectivity index (χ4n) is 1.18. The quantitative estimate of drug-likeness (QED) is 0.597. The minimum atomic E-state index is -0.521. The van der Waals surface area contributed by atoms with E-state index in [0.29, 0.717) is 18.8 Å². The van der Waals surface area contributed by atoms with Crippen LogP contribution >= 0.6 is 0 Å². The second-order valence-corrected chi connectivity index (χ2v) is 3.40. The summed E-state index contributed by atoms with van der Waals surface area (Å²) in [6, 6.07) is -0.521. The third-order valence-electron chi connectivity index (χ3n) is 1.94. The van der Waals surface area contributed by atoms with Gasteiger partial charge in [0.1, 0.15) is 18.2 Å². The summed E-state index contributed by atoms with van der Waals surface area (Å²) in [5, 5.41) is 11.6. The number of nitrogens with one attached hydrogen (secondary N) is 3. The molecule has 0 aliphatic carbocycles. The number of aromatic nitrogens is 3. The average molecular weight is 225 g/mol. The lowest BCUT2D eigenvalue weighted by atomic mass is 10.3. The van der Waals surface area contributed by atoms with Crippen molar-refractivity contribution in [1.29, 1.82) is 0 Å². The molecule has 0 saturated heterocycles. The molecule has 1 rings (SSSR count). The van der Waals surface area contributed by atoms with E-state index in [-0.39, 0.29) is 11.8 Å². The third-order valence-corrected chi connectivity index (χ3v) is 1.94. The predicted molar refractivity (Wildman–Crippen MR) is 56.4 cm³/mol. The molecule has 0 saturated carbocycles. The number of hydrogen-bond donors (Lipinski definition) is 3. The van der Waals surface area contributed by atoms with Crippen molar-refractivity contribution in [3.05, 3.63) is 12.2 Å². The van der Waals surface area contributed by atoms with Crippen molar-refractivity contribution in [3.63, 3.8) is 0 Å². The van der Waals surface area contributed by atoms with Crippen LogP contribution in [0.1, 0.15) is 19.7 Å². The van der Waals surface area contributed by atoms with Gasteiger partial charge in [-0.1, -0.05) is 0 Å². The molecule has 0 fully saturated rings. The van der Waals surface area contributed by atoms with Crippen molar-refractivity contribution >= 4 is 11.8 Å². The molecule has 16 heavy (non-hydrogen) atoms. The summed E-state index contributed by atoms with van der Waals surface area (Å²) in [6.45, 7) is 3.46. The summed E-state index contributed by atoms with van der Waals surface area (Å²) in [5.74, 6) is 0.278. The summed E-state index contributed by atoms with van der Waals surface area (Å²) < 4.78 is 0. The maximum absolute atomic E-state index is 11.4. The Morgan fingerprint density at radius 3 is 2.88 bits per heavy atom. The minimum absolute atomic E-state index is 0.213. The normalized spacial score (nSPS) is 11.9. The van der Waals surface area contributed by atoms with Crippen LogP contribution in [0.2, 0.25) is 0 Å². The third kappa shape index (κ3) is 4.07. The Kier molecular flexibility index (Phi) is 4.43. The van der Waals surface area contributed by atoms with Gasteiger partial charge in [-0.05, 0) is 6.92 Å². The molecule has 0 bridgehead atoms. The molecule has 2 amide bonds. The van der Waals surface area contributed by atoms with Gasteiger partial charge in [-0.3, -0.25) is 14.7 Å². The molecule has 1 aromatic heterocycles. The lowest BCUT2D eigenvalue weighted by molar-refractivity contribution is -0.127. The van der Waals surface area contributed by atoms with Crippen LogP contribution < -0.4 is 10.6 Å². The van der Waals surface area contributed by atoms with Gasteiger partial charge in [0.15, 0.2) is 0 Å². The zero-order valence-electron chi connectivity index (χ0n) is 9.28. The maximum atomic E-state index is 11.4. The van der Waals surface area contributed by atoms with E-state index in [1.165, 1.54) is 13.3 Å². The number of hydrogen-bond acceptors (Lipinski definition) is 4. The lowest BCUT2D eigenvalue weighted by Crippen LogP contribution is -2.44. The molecule has 1 unspecified atom stereocenters. The zero-order chi connectivity index (χ0) is 12.0.